The van der Waals surface area contributed by atoms with Gasteiger partial charge in [0, 0.05) is 0 Å². The SMILES string of the molecule is CCCCCCCCOC(=O)/C=C\C(=O)[O][Sn]([CH2]CCC)([O]C(=O)/C=C\C(=O)OCCCCCCCC)[O]C(=O)/C=C/C(=O)OCCCCCCCC. The van der Waals surface area contributed by atoms with Gasteiger partial charge in [0.05, 0.1) is 0 Å². The van der Waals surface area contributed by atoms with Gasteiger partial charge in [0.25, 0.3) is 0 Å². The maximum atomic E-state index is 12.9. The van der Waals surface area contributed by atoms with E-state index in [1.165, 1.54) is 0 Å². The quantitative estimate of drug-likeness (QED) is 0.0204. The molecule has 0 atom stereocenters. The molecule has 0 radical (unpaired) electrons. The Morgan fingerprint density at radius 1 is 0.340 bits per heavy atom. The first-order valence-electron chi connectivity index (χ1n) is 19.8. The predicted molar refractivity (Wildman–Crippen MR) is 204 cm³/mol. The van der Waals surface area contributed by atoms with Crippen molar-refractivity contribution in [3.05, 3.63) is 36.5 Å². The summed E-state index contributed by atoms with van der Waals surface area (Å²) in [6, 6.07) is 0. The molecule has 0 saturated carbocycles. The second-order valence-electron chi connectivity index (χ2n) is 12.9. The Balaban J connectivity index is 5.58. The van der Waals surface area contributed by atoms with Crippen molar-refractivity contribution in [3.63, 3.8) is 0 Å². The van der Waals surface area contributed by atoms with Crippen LogP contribution in [-0.4, -0.2) is 75.3 Å². The molecular formula is C40H66O12Sn. The van der Waals surface area contributed by atoms with Crippen LogP contribution in [0.5, 0.6) is 0 Å². The van der Waals surface area contributed by atoms with Gasteiger partial charge in [-0.3, -0.25) is 0 Å². The van der Waals surface area contributed by atoms with E-state index in [1.54, 1.807) is 0 Å². The third-order valence-corrected chi connectivity index (χ3v) is 15.0. The van der Waals surface area contributed by atoms with Gasteiger partial charge in [-0.1, -0.05) is 40.0 Å². The summed E-state index contributed by atoms with van der Waals surface area (Å²) in [6.45, 7) is 8.81. The van der Waals surface area contributed by atoms with Crippen molar-refractivity contribution in [3.8, 4) is 0 Å². The van der Waals surface area contributed by atoms with Crippen LogP contribution in [0.2, 0.25) is 4.44 Å². The van der Waals surface area contributed by atoms with Crippen molar-refractivity contribution in [2.75, 3.05) is 19.8 Å². The van der Waals surface area contributed by atoms with E-state index in [0.29, 0.717) is 32.1 Å². The minimum atomic E-state index is -5.50. The van der Waals surface area contributed by atoms with Crippen LogP contribution < -0.4 is 0 Å². The number of esters is 3. The zero-order valence-corrected chi connectivity index (χ0v) is 35.7. The summed E-state index contributed by atoms with van der Waals surface area (Å²) in [5.74, 6) is -5.54. The minimum Gasteiger partial charge on any atom is -0.0654 e. The van der Waals surface area contributed by atoms with E-state index < -0.39 is 55.4 Å². The van der Waals surface area contributed by atoms with E-state index in [1.807, 2.05) is 6.92 Å². The minimum absolute atomic E-state index is 0.0860. The van der Waals surface area contributed by atoms with Gasteiger partial charge in [-0.15, -0.1) is 0 Å². The molecule has 13 heteroatoms. The fourth-order valence-electron chi connectivity index (χ4n) is 4.89. The first-order valence-corrected chi connectivity index (χ1v) is 25.4. The molecule has 0 saturated heterocycles. The number of carbonyl (C=O) groups excluding carboxylic acids is 6. The molecule has 0 spiro atoms. The first kappa shape index (κ1) is 49.8. The molecule has 0 aromatic heterocycles. The number of hydrogen-bond acceptors (Lipinski definition) is 12. The monoisotopic (exact) mass is 858 g/mol. The predicted octanol–water partition coefficient (Wildman–Crippen LogP) is 8.73. The van der Waals surface area contributed by atoms with Crippen LogP contribution in [0, 0.1) is 0 Å². The average molecular weight is 858 g/mol. The van der Waals surface area contributed by atoms with E-state index in [4.69, 9.17) is 23.4 Å². The molecule has 0 unspecified atom stereocenters. The van der Waals surface area contributed by atoms with Crippen molar-refractivity contribution in [1.29, 1.82) is 0 Å². The molecule has 53 heavy (non-hydrogen) atoms. The smallest absolute Gasteiger partial charge is 0.0654 e. The second-order valence-corrected chi connectivity index (χ2v) is 19.9. The summed E-state index contributed by atoms with van der Waals surface area (Å²) in [5, 5.41) is 0. The Kier molecular flexibility index (Phi) is 32.5. The molecule has 12 nitrogen and oxygen atoms in total. The molecule has 302 valence electrons. The molecule has 0 aliphatic rings. The third kappa shape index (κ3) is 30.9. The molecule has 0 amide bonds. The average Bonchev–Trinajstić information content (AvgIpc) is 3.13. The molecule has 0 rings (SSSR count). The van der Waals surface area contributed by atoms with Crippen molar-refractivity contribution < 1.29 is 52.2 Å². The number of ether oxygens (including phenoxy) is 3. The van der Waals surface area contributed by atoms with Gasteiger partial charge in [-0.2, -0.15) is 0 Å². The van der Waals surface area contributed by atoms with E-state index >= 15 is 0 Å². The molecular weight excluding hydrogens is 791 g/mol. The van der Waals surface area contributed by atoms with Crippen LogP contribution in [0.25, 0.3) is 0 Å². The van der Waals surface area contributed by atoms with Crippen LogP contribution in [0.1, 0.15) is 156 Å². The topological polar surface area (TPSA) is 158 Å². The summed E-state index contributed by atoms with van der Waals surface area (Å²) < 4.78 is 32.0. The van der Waals surface area contributed by atoms with E-state index in [2.05, 4.69) is 20.8 Å². The number of rotatable bonds is 33. The van der Waals surface area contributed by atoms with Gasteiger partial charge >= 0.3 is 284 Å². The van der Waals surface area contributed by atoms with Gasteiger partial charge < -0.3 is 0 Å². The van der Waals surface area contributed by atoms with Gasteiger partial charge in [-0.25, -0.2) is 0 Å². The fourth-order valence-corrected chi connectivity index (χ4v) is 11.6. The van der Waals surface area contributed by atoms with E-state index in [0.717, 1.165) is 133 Å². The standard InChI is InChI=1S/3C12H20O4.C4H9.Sn/c3*1-2-3-4-5-6-7-10-16-12(15)9-8-11(13)14;1-3-4-2;/h3*8-9H,2-7,10H2,1H3,(H,13,14);1,3-4H2,2H3;/q;;;;+3/p-3/b9-8+;2*9-8-;;. The zero-order chi connectivity index (χ0) is 39.4. The summed E-state index contributed by atoms with van der Waals surface area (Å²) in [6.07, 6.45) is 24.2. The van der Waals surface area contributed by atoms with Gasteiger partial charge in [0.1, 0.15) is 0 Å². The van der Waals surface area contributed by atoms with Gasteiger partial charge in [0.2, 0.25) is 0 Å². The Morgan fingerprint density at radius 2 is 0.585 bits per heavy atom. The molecule has 0 bridgehead atoms. The Hall–Kier alpha value is -3.16. The number of hydrogen-bond donors (Lipinski definition) is 0. The van der Waals surface area contributed by atoms with Gasteiger partial charge in [-0.05, 0) is 0 Å². The second kappa shape index (κ2) is 34.6. The summed E-state index contributed by atoms with van der Waals surface area (Å²) in [4.78, 5) is 75.4. The van der Waals surface area contributed by atoms with Crippen LogP contribution in [-0.2, 0) is 52.2 Å². The summed E-state index contributed by atoms with van der Waals surface area (Å²) in [5.41, 5.74) is 0. The maximum absolute atomic E-state index is 12.9. The Bertz CT molecular complexity index is 1000. The van der Waals surface area contributed by atoms with Crippen LogP contribution >= 0.6 is 0 Å². The van der Waals surface area contributed by atoms with E-state index in [9.17, 15) is 28.8 Å². The molecule has 0 aromatic carbocycles. The Morgan fingerprint density at radius 3 is 0.868 bits per heavy atom. The molecule has 0 heterocycles. The van der Waals surface area contributed by atoms with Crippen molar-refractivity contribution in [1.82, 2.24) is 0 Å². The van der Waals surface area contributed by atoms with Crippen LogP contribution in [0.3, 0.4) is 0 Å². The van der Waals surface area contributed by atoms with Crippen molar-refractivity contribution in [2.45, 2.75) is 161 Å². The van der Waals surface area contributed by atoms with Gasteiger partial charge in [0.15, 0.2) is 0 Å². The fraction of sp³-hybridized carbons (Fsp3) is 0.700. The van der Waals surface area contributed by atoms with Crippen LogP contribution in [0.4, 0.5) is 0 Å². The molecule has 0 aromatic rings. The molecule has 0 N–H and O–H groups in total. The van der Waals surface area contributed by atoms with Crippen molar-refractivity contribution in [2.24, 2.45) is 0 Å². The summed E-state index contributed by atoms with van der Waals surface area (Å²) in [7, 11) is 0. The first-order chi connectivity index (χ1) is 25.6. The normalized spacial score (nSPS) is 11.5. The number of carbonyl (C=O) groups is 6. The van der Waals surface area contributed by atoms with Crippen LogP contribution in [0.15, 0.2) is 36.5 Å². The number of unbranched alkanes of at least 4 members (excludes halogenated alkanes) is 16. The summed E-state index contributed by atoms with van der Waals surface area (Å²) >= 11 is -5.50. The molecule has 0 aliphatic carbocycles. The zero-order valence-electron chi connectivity index (χ0n) is 32.8. The third-order valence-electron chi connectivity index (χ3n) is 7.90. The van der Waals surface area contributed by atoms with E-state index in [-0.39, 0.29) is 24.3 Å². The molecule has 0 fully saturated rings. The van der Waals surface area contributed by atoms with Crippen molar-refractivity contribution >= 4 is 55.4 Å². The Labute approximate surface area is 323 Å². The molecule has 0 aliphatic heterocycles.